The van der Waals surface area contributed by atoms with Crippen LogP contribution in [0.2, 0.25) is 0 Å². The third-order valence-electron chi connectivity index (χ3n) is 3.39. The fourth-order valence-electron chi connectivity index (χ4n) is 2.60. The molecule has 1 saturated carbocycles. The standard InChI is InChI=1S/C11H20N2O2/c1-12-6-9-7-13(11(14)15-8-9)10-4-2-3-5-10/h9-10,12H,2-8H2,1H3. The molecule has 0 spiro atoms. The Morgan fingerprint density at radius 2 is 2.20 bits per heavy atom. The molecule has 1 aliphatic heterocycles. The molecule has 1 atom stereocenters. The number of ether oxygens (including phenoxy) is 1. The predicted molar refractivity (Wildman–Crippen MR) is 57.7 cm³/mol. The van der Waals surface area contributed by atoms with Crippen LogP contribution in [0.1, 0.15) is 25.7 Å². The first-order chi connectivity index (χ1) is 7.31. The van der Waals surface area contributed by atoms with Crippen molar-refractivity contribution in [1.29, 1.82) is 0 Å². The van der Waals surface area contributed by atoms with E-state index in [4.69, 9.17) is 4.74 Å². The minimum atomic E-state index is -0.103. The number of cyclic esters (lactones) is 1. The number of amides is 1. The lowest BCUT2D eigenvalue weighted by atomic mass is 10.1. The molecular weight excluding hydrogens is 192 g/mol. The Balaban J connectivity index is 1.92. The van der Waals surface area contributed by atoms with Gasteiger partial charge in [0.1, 0.15) is 0 Å². The van der Waals surface area contributed by atoms with E-state index in [0.717, 1.165) is 25.9 Å². The quantitative estimate of drug-likeness (QED) is 0.764. The van der Waals surface area contributed by atoms with Crippen LogP contribution in [0.4, 0.5) is 4.79 Å². The zero-order valence-electron chi connectivity index (χ0n) is 9.37. The zero-order chi connectivity index (χ0) is 10.7. The molecule has 0 aromatic rings. The van der Waals surface area contributed by atoms with E-state index in [-0.39, 0.29) is 6.09 Å². The molecule has 0 aromatic heterocycles. The molecule has 86 valence electrons. The number of hydrogen-bond acceptors (Lipinski definition) is 3. The van der Waals surface area contributed by atoms with Gasteiger partial charge in [-0.25, -0.2) is 4.79 Å². The molecule has 2 fully saturated rings. The molecule has 1 unspecified atom stereocenters. The van der Waals surface area contributed by atoms with Gasteiger partial charge in [0, 0.05) is 25.0 Å². The van der Waals surface area contributed by atoms with Crippen molar-refractivity contribution in [2.75, 3.05) is 26.7 Å². The number of rotatable bonds is 3. The van der Waals surface area contributed by atoms with E-state index in [1.165, 1.54) is 12.8 Å². The smallest absolute Gasteiger partial charge is 0.410 e. The molecule has 4 heteroatoms. The fraction of sp³-hybridized carbons (Fsp3) is 0.909. The molecule has 0 bridgehead atoms. The summed E-state index contributed by atoms with van der Waals surface area (Å²) >= 11 is 0. The van der Waals surface area contributed by atoms with Gasteiger partial charge in [0.25, 0.3) is 0 Å². The lowest BCUT2D eigenvalue weighted by Gasteiger charge is -2.36. The summed E-state index contributed by atoms with van der Waals surface area (Å²) in [6.45, 7) is 2.36. The number of carbonyl (C=O) groups excluding carboxylic acids is 1. The van der Waals surface area contributed by atoms with Gasteiger partial charge in [0.2, 0.25) is 0 Å². The summed E-state index contributed by atoms with van der Waals surface area (Å²) in [6.07, 6.45) is 4.72. The largest absolute Gasteiger partial charge is 0.449 e. The molecule has 0 aromatic carbocycles. The maximum absolute atomic E-state index is 11.6. The van der Waals surface area contributed by atoms with Crippen molar-refractivity contribution in [3.8, 4) is 0 Å². The zero-order valence-corrected chi connectivity index (χ0v) is 9.37. The van der Waals surface area contributed by atoms with Gasteiger partial charge in [-0.2, -0.15) is 0 Å². The Kier molecular flexibility index (Phi) is 3.46. The SMILES string of the molecule is CNCC1COC(=O)N(C2CCCC2)C1. The summed E-state index contributed by atoms with van der Waals surface area (Å²) in [5, 5.41) is 3.15. The highest BCUT2D eigenvalue weighted by atomic mass is 16.6. The van der Waals surface area contributed by atoms with E-state index in [0.29, 0.717) is 18.6 Å². The van der Waals surface area contributed by atoms with Gasteiger partial charge in [0.05, 0.1) is 6.61 Å². The van der Waals surface area contributed by atoms with Crippen molar-refractivity contribution >= 4 is 6.09 Å². The van der Waals surface area contributed by atoms with Crippen molar-refractivity contribution in [3.05, 3.63) is 0 Å². The normalized spacial score (nSPS) is 28.2. The summed E-state index contributed by atoms with van der Waals surface area (Å²) < 4.78 is 5.22. The Morgan fingerprint density at radius 1 is 1.47 bits per heavy atom. The van der Waals surface area contributed by atoms with Crippen molar-refractivity contribution in [2.45, 2.75) is 31.7 Å². The van der Waals surface area contributed by atoms with Crippen molar-refractivity contribution in [1.82, 2.24) is 10.2 Å². The van der Waals surface area contributed by atoms with E-state index in [1.807, 2.05) is 11.9 Å². The predicted octanol–water partition coefficient (Wildman–Crippen LogP) is 1.22. The van der Waals surface area contributed by atoms with Crippen molar-refractivity contribution in [2.24, 2.45) is 5.92 Å². The number of carbonyl (C=O) groups is 1. The minimum Gasteiger partial charge on any atom is -0.449 e. The monoisotopic (exact) mass is 212 g/mol. The first-order valence-corrected chi connectivity index (χ1v) is 5.89. The maximum Gasteiger partial charge on any atom is 0.410 e. The second-order valence-corrected chi connectivity index (χ2v) is 4.59. The number of hydrogen-bond donors (Lipinski definition) is 1. The number of nitrogens with zero attached hydrogens (tertiary/aromatic N) is 1. The van der Waals surface area contributed by atoms with Gasteiger partial charge >= 0.3 is 6.09 Å². The van der Waals surface area contributed by atoms with E-state index in [1.54, 1.807) is 0 Å². The van der Waals surface area contributed by atoms with Crippen LogP contribution >= 0.6 is 0 Å². The van der Waals surface area contributed by atoms with Crippen LogP contribution in [0.5, 0.6) is 0 Å². The average Bonchev–Trinajstić information content (AvgIpc) is 2.74. The number of nitrogens with one attached hydrogen (secondary N) is 1. The summed E-state index contributed by atoms with van der Waals surface area (Å²) in [5.41, 5.74) is 0. The summed E-state index contributed by atoms with van der Waals surface area (Å²) in [5.74, 6) is 0.452. The Labute approximate surface area is 91.0 Å². The molecule has 15 heavy (non-hydrogen) atoms. The van der Waals surface area contributed by atoms with Crippen molar-refractivity contribution < 1.29 is 9.53 Å². The van der Waals surface area contributed by atoms with Crippen LogP contribution in [-0.2, 0) is 4.74 Å². The van der Waals surface area contributed by atoms with Gasteiger partial charge in [-0.15, -0.1) is 0 Å². The second-order valence-electron chi connectivity index (χ2n) is 4.59. The molecule has 1 aliphatic carbocycles. The van der Waals surface area contributed by atoms with Crippen LogP contribution < -0.4 is 5.32 Å². The summed E-state index contributed by atoms with van der Waals surface area (Å²) in [6, 6.07) is 0.442. The van der Waals surface area contributed by atoms with E-state index >= 15 is 0 Å². The third-order valence-corrected chi connectivity index (χ3v) is 3.39. The highest BCUT2D eigenvalue weighted by molar-refractivity contribution is 5.68. The lowest BCUT2D eigenvalue weighted by molar-refractivity contribution is 0.0278. The van der Waals surface area contributed by atoms with Crippen LogP contribution in [0.3, 0.4) is 0 Å². The Morgan fingerprint density at radius 3 is 2.87 bits per heavy atom. The highest BCUT2D eigenvalue weighted by Gasteiger charge is 2.33. The maximum atomic E-state index is 11.6. The third kappa shape index (κ3) is 2.43. The second kappa shape index (κ2) is 4.84. The molecule has 0 radical (unpaired) electrons. The average molecular weight is 212 g/mol. The van der Waals surface area contributed by atoms with Gasteiger partial charge in [-0.05, 0) is 19.9 Å². The molecule has 1 amide bonds. The summed E-state index contributed by atoms with van der Waals surface area (Å²) in [7, 11) is 1.94. The van der Waals surface area contributed by atoms with Crippen molar-refractivity contribution in [3.63, 3.8) is 0 Å². The Bertz CT molecular complexity index is 227. The van der Waals surface area contributed by atoms with Crippen LogP contribution in [0, 0.1) is 5.92 Å². The molecule has 4 nitrogen and oxygen atoms in total. The molecule has 1 heterocycles. The van der Waals surface area contributed by atoms with Gasteiger partial charge in [-0.1, -0.05) is 12.8 Å². The fourth-order valence-corrected chi connectivity index (χ4v) is 2.60. The van der Waals surface area contributed by atoms with Gasteiger partial charge in [-0.3, -0.25) is 0 Å². The Hall–Kier alpha value is -0.770. The van der Waals surface area contributed by atoms with Crippen LogP contribution in [0.15, 0.2) is 0 Å². The van der Waals surface area contributed by atoms with E-state index in [2.05, 4.69) is 5.32 Å². The molecule has 1 saturated heterocycles. The lowest BCUT2D eigenvalue weighted by Crippen LogP contribution is -2.49. The van der Waals surface area contributed by atoms with E-state index < -0.39 is 0 Å². The van der Waals surface area contributed by atoms with Gasteiger partial charge in [0.15, 0.2) is 0 Å². The molecule has 2 rings (SSSR count). The topological polar surface area (TPSA) is 41.6 Å². The summed E-state index contributed by atoms with van der Waals surface area (Å²) in [4.78, 5) is 13.6. The van der Waals surface area contributed by atoms with Crippen LogP contribution in [0.25, 0.3) is 0 Å². The first-order valence-electron chi connectivity index (χ1n) is 5.89. The first kappa shape index (κ1) is 10.7. The highest BCUT2D eigenvalue weighted by Crippen LogP contribution is 2.26. The van der Waals surface area contributed by atoms with Crippen LogP contribution in [-0.4, -0.2) is 43.8 Å². The minimum absolute atomic E-state index is 0.103. The van der Waals surface area contributed by atoms with Gasteiger partial charge < -0.3 is 15.0 Å². The molecule has 1 N–H and O–H groups in total. The molecular formula is C11H20N2O2. The molecule has 2 aliphatic rings. The van der Waals surface area contributed by atoms with E-state index in [9.17, 15) is 4.79 Å².